The van der Waals surface area contributed by atoms with Crippen LogP contribution in [0.2, 0.25) is 0 Å². The zero-order valence-corrected chi connectivity index (χ0v) is 12.3. The highest BCUT2D eigenvalue weighted by Crippen LogP contribution is 2.40. The van der Waals surface area contributed by atoms with E-state index in [1.165, 1.54) is 16.9 Å². The molecule has 21 heavy (non-hydrogen) atoms. The monoisotopic (exact) mass is 296 g/mol. The zero-order chi connectivity index (χ0) is 14.7. The molecule has 0 spiro atoms. The van der Waals surface area contributed by atoms with E-state index in [4.69, 9.17) is 5.73 Å². The molecule has 2 unspecified atom stereocenters. The molecule has 0 bridgehead atoms. The molecule has 1 aliphatic carbocycles. The predicted molar refractivity (Wildman–Crippen MR) is 85.3 cm³/mol. The molecular formula is C17H16N2OS. The van der Waals surface area contributed by atoms with Gasteiger partial charge in [-0.25, -0.2) is 0 Å². The zero-order valence-electron chi connectivity index (χ0n) is 11.5. The molecule has 1 heterocycles. The molecular weight excluding hydrogens is 280 g/mol. The standard InChI is InChI=1S/C17H16N2OS/c18-8-4-7-14-9-13(11-21-14)17(20)19-16-10-15(16)12-5-2-1-3-6-12/h1-3,5-6,9,11,15-16H,8,10,18H2,(H,19,20). The fourth-order valence-electron chi connectivity index (χ4n) is 2.33. The topological polar surface area (TPSA) is 55.1 Å². The molecule has 1 aromatic heterocycles. The second-order valence-electron chi connectivity index (χ2n) is 5.04. The van der Waals surface area contributed by atoms with Gasteiger partial charge in [-0.15, -0.1) is 11.3 Å². The smallest absolute Gasteiger partial charge is 0.252 e. The molecule has 3 nitrogen and oxygen atoms in total. The van der Waals surface area contributed by atoms with Gasteiger partial charge in [0.25, 0.3) is 5.91 Å². The molecule has 4 heteroatoms. The van der Waals surface area contributed by atoms with Crippen LogP contribution >= 0.6 is 11.3 Å². The fourth-order valence-corrected chi connectivity index (χ4v) is 3.09. The van der Waals surface area contributed by atoms with E-state index in [9.17, 15) is 4.79 Å². The molecule has 1 aromatic carbocycles. The van der Waals surface area contributed by atoms with E-state index in [1.54, 1.807) is 0 Å². The molecule has 0 saturated heterocycles. The number of hydrogen-bond donors (Lipinski definition) is 2. The maximum Gasteiger partial charge on any atom is 0.252 e. The van der Waals surface area contributed by atoms with Crippen molar-refractivity contribution in [1.29, 1.82) is 0 Å². The number of nitrogens with one attached hydrogen (secondary N) is 1. The lowest BCUT2D eigenvalue weighted by atomic mass is 10.1. The van der Waals surface area contributed by atoms with Crippen LogP contribution in [-0.4, -0.2) is 18.5 Å². The second kappa shape index (κ2) is 6.13. The molecule has 1 aliphatic rings. The predicted octanol–water partition coefficient (Wildman–Crippen LogP) is 2.34. The van der Waals surface area contributed by atoms with E-state index >= 15 is 0 Å². The number of rotatable bonds is 3. The van der Waals surface area contributed by atoms with Crippen molar-refractivity contribution in [3.63, 3.8) is 0 Å². The average Bonchev–Trinajstić information content (AvgIpc) is 3.11. The second-order valence-corrected chi connectivity index (χ2v) is 5.95. The van der Waals surface area contributed by atoms with Gasteiger partial charge in [0.05, 0.1) is 17.0 Å². The van der Waals surface area contributed by atoms with Crippen LogP contribution in [0.4, 0.5) is 0 Å². The highest BCUT2D eigenvalue weighted by Gasteiger charge is 2.39. The van der Waals surface area contributed by atoms with Crippen molar-refractivity contribution in [2.24, 2.45) is 5.73 Å². The Labute approximate surface area is 128 Å². The van der Waals surface area contributed by atoms with E-state index in [-0.39, 0.29) is 11.9 Å². The third kappa shape index (κ3) is 3.33. The summed E-state index contributed by atoms with van der Waals surface area (Å²) in [6.45, 7) is 0.334. The molecule has 2 aromatic rings. The van der Waals surface area contributed by atoms with Crippen LogP contribution in [0.1, 0.15) is 33.1 Å². The van der Waals surface area contributed by atoms with Crippen LogP contribution in [0.15, 0.2) is 41.8 Å². The normalized spacial score (nSPS) is 19.5. The maximum atomic E-state index is 12.2. The van der Waals surface area contributed by atoms with Gasteiger partial charge in [0.1, 0.15) is 0 Å². The van der Waals surface area contributed by atoms with Gasteiger partial charge >= 0.3 is 0 Å². The van der Waals surface area contributed by atoms with Gasteiger partial charge in [-0.3, -0.25) is 4.79 Å². The SMILES string of the molecule is NCC#Cc1cc(C(=O)NC2CC2c2ccccc2)cs1. The van der Waals surface area contributed by atoms with Gasteiger partial charge in [-0.2, -0.15) is 0 Å². The highest BCUT2D eigenvalue weighted by atomic mass is 32.1. The summed E-state index contributed by atoms with van der Waals surface area (Å²) in [7, 11) is 0. The summed E-state index contributed by atoms with van der Waals surface area (Å²) in [6, 6.07) is 12.4. The lowest BCUT2D eigenvalue weighted by Gasteiger charge is -2.03. The Balaban J connectivity index is 1.59. The van der Waals surface area contributed by atoms with Gasteiger partial charge in [-0.05, 0) is 18.1 Å². The summed E-state index contributed by atoms with van der Waals surface area (Å²) < 4.78 is 0. The molecule has 1 fully saturated rings. The number of carbonyl (C=O) groups excluding carboxylic acids is 1. The Morgan fingerprint density at radius 2 is 2.19 bits per heavy atom. The molecule has 1 saturated carbocycles. The first-order valence-electron chi connectivity index (χ1n) is 6.91. The van der Waals surface area contributed by atoms with Gasteiger partial charge in [0, 0.05) is 17.3 Å². The van der Waals surface area contributed by atoms with Gasteiger partial charge in [0.15, 0.2) is 0 Å². The molecule has 3 N–H and O–H groups in total. The lowest BCUT2D eigenvalue weighted by Crippen LogP contribution is -2.26. The van der Waals surface area contributed by atoms with E-state index in [0.29, 0.717) is 18.0 Å². The summed E-state index contributed by atoms with van der Waals surface area (Å²) in [5.74, 6) is 6.17. The number of thiophene rings is 1. The first-order valence-corrected chi connectivity index (χ1v) is 7.79. The minimum absolute atomic E-state index is 0.0181. The van der Waals surface area contributed by atoms with E-state index in [2.05, 4.69) is 29.3 Å². The van der Waals surface area contributed by atoms with Crippen LogP contribution in [0, 0.1) is 11.8 Å². The van der Waals surface area contributed by atoms with Crippen molar-refractivity contribution in [1.82, 2.24) is 5.32 Å². The number of hydrogen-bond acceptors (Lipinski definition) is 3. The number of nitrogens with two attached hydrogens (primary N) is 1. The van der Waals surface area contributed by atoms with Crippen molar-refractivity contribution < 1.29 is 4.79 Å². The van der Waals surface area contributed by atoms with E-state index in [1.807, 2.05) is 29.6 Å². The third-order valence-electron chi connectivity index (χ3n) is 3.51. The van der Waals surface area contributed by atoms with Crippen molar-refractivity contribution in [3.8, 4) is 11.8 Å². The Hall–Kier alpha value is -2.09. The Bertz CT molecular complexity index is 696. The maximum absolute atomic E-state index is 12.2. The molecule has 1 amide bonds. The van der Waals surface area contributed by atoms with Crippen LogP contribution in [-0.2, 0) is 0 Å². The van der Waals surface area contributed by atoms with Crippen molar-refractivity contribution >= 4 is 17.2 Å². The van der Waals surface area contributed by atoms with Gasteiger partial charge in [-0.1, -0.05) is 42.2 Å². The summed E-state index contributed by atoms with van der Waals surface area (Å²) in [6.07, 6.45) is 1.01. The van der Waals surface area contributed by atoms with E-state index in [0.717, 1.165) is 11.3 Å². The van der Waals surface area contributed by atoms with E-state index < -0.39 is 0 Å². The molecule has 106 valence electrons. The quantitative estimate of drug-likeness (QED) is 0.854. The summed E-state index contributed by atoms with van der Waals surface area (Å²) in [5.41, 5.74) is 7.31. The minimum atomic E-state index is -0.0181. The van der Waals surface area contributed by atoms with Gasteiger partial charge < -0.3 is 11.1 Å². The third-order valence-corrected chi connectivity index (χ3v) is 4.36. The summed E-state index contributed by atoms with van der Waals surface area (Å²) >= 11 is 1.47. The van der Waals surface area contributed by atoms with Crippen molar-refractivity contribution in [2.45, 2.75) is 18.4 Å². The number of amides is 1. The van der Waals surface area contributed by atoms with Crippen LogP contribution in [0.25, 0.3) is 0 Å². The van der Waals surface area contributed by atoms with Gasteiger partial charge in [0.2, 0.25) is 0 Å². The largest absolute Gasteiger partial charge is 0.349 e. The fraction of sp³-hybridized carbons (Fsp3) is 0.235. The first kappa shape index (κ1) is 13.9. The highest BCUT2D eigenvalue weighted by molar-refractivity contribution is 7.10. The molecule has 2 atom stereocenters. The minimum Gasteiger partial charge on any atom is -0.349 e. The molecule has 0 radical (unpaired) electrons. The van der Waals surface area contributed by atoms with Crippen molar-refractivity contribution in [3.05, 3.63) is 57.8 Å². The van der Waals surface area contributed by atoms with Crippen molar-refractivity contribution in [2.75, 3.05) is 6.54 Å². The Morgan fingerprint density at radius 3 is 2.95 bits per heavy atom. The molecule has 3 rings (SSSR count). The first-order chi connectivity index (χ1) is 10.3. The number of benzene rings is 1. The summed E-state index contributed by atoms with van der Waals surface area (Å²) in [4.78, 5) is 13.1. The van der Waals surface area contributed by atoms with Crippen LogP contribution in [0.5, 0.6) is 0 Å². The summed E-state index contributed by atoms with van der Waals surface area (Å²) in [5, 5.41) is 4.93. The number of carbonyl (C=O) groups is 1. The lowest BCUT2D eigenvalue weighted by molar-refractivity contribution is 0.0951. The molecule has 0 aliphatic heterocycles. The Morgan fingerprint density at radius 1 is 1.38 bits per heavy atom. The van der Waals surface area contributed by atoms with Crippen LogP contribution < -0.4 is 11.1 Å². The average molecular weight is 296 g/mol. The Kier molecular flexibility index (Phi) is 4.05. The van der Waals surface area contributed by atoms with Crippen LogP contribution in [0.3, 0.4) is 0 Å².